The molecule has 2 rings (SSSR count). The zero-order chi connectivity index (χ0) is 13.2. The van der Waals surface area contributed by atoms with E-state index < -0.39 is 11.5 Å². The van der Waals surface area contributed by atoms with E-state index in [1.54, 1.807) is 0 Å². The van der Waals surface area contributed by atoms with Gasteiger partial charge in [-0.15, -0.1) is 0 Å². The van der Waals surface area contributed by atoms with Crippen LogP contribution >= 0.6 is 0 Å². The molecule has 5 nitrogen and oxygen atoms in total. The predicted molar refractivity (Wildman–Crippen MR) is 67.1 cm³/mol. The maximum atomic E-state index is 11.9. The minimum Gasteiger partial charge on any atom is -0.480 e. The van der Waals surface area contributed by atoms with Crippen LogP contribution in [-0.2, 0) is 9.59 Å². The highest BCUT2D eigenvalue weighted by molar-refractivity contribution is 5.87. The lowest BCUT2D eigenvalue weighted by Crippen LogP contribution is -2.57. The standard InChI is InChI=1S/C13H22N2O3/c1-9-3-2-4-13(6-9,12(17)18)15-11(16)5-10-7-14-8-10/h9-10,14H,2-8H2,1H3,(H,15,16)(H,17,18). The Morgan fingerprint density at radius 3 is 2.67 bits per heavy atom. The van der Waals surface area contributed by atoms with Crippen molar-refractivity contribution in [3.05, 3.63) is 0 Å². The minimum absolute atomic E-state index is 0.113. The molecule has 1 saturated carbocycles. The van der Waals surface area contributed by atoms with E-state index >= 15 is 0 Å². The predicted octanol–water partition coefficient (Wildman–Crippen LogP) is 0.746. The molecular weight excluding hydrogens is 232 g/mol. The van der Waals surface area contributed by atoms with Crippen molar-refractivity contribution in [2.75, 3.05) is 13.1 Å². The first kappa shape index (κ1) is 13.3. The number of hydrogen-bond acceptors (Lipinski definition) is 3. The van der Waals surface area contributed by atoms with Gasteiger partial charge in [0.2, 0.25) is 5.91 Å². The van der Waals surface area contributed by atoms with E-state index in [9.17, 15) is 14.7 Å². The summed E-state index contributed by atoms with van der Waals surface area (Å²) in [5.41, 5.74) is -1.02. The van der Waals surface area contributed by atoms with Crippen molar-refractivity contribution < 1.29 is 14.7 Å². The summed E-state index contributed by atoms with van der Waals surface area (Å²) in [6.07, 6.45) is 3.48. The van der Waals surface area contributed by atoms with Crippen molar-refractivity contribution in [1.29, 1.82) is 0 Å². The Bertz CT molecular complexity index is 341. The Labute approximate surface area is 107 Å². The Balaban J connectivity index is 1.96. The van der Waals surface area contributed by atoms with Gasteiger partial charge in [0.25, 0.3) is 0 Å². The number of carbonyl (C=O) groups is 2. The highest BCUT2D eigenvalue weighted by Crippen LogP contribution is 2.32. The SMILES string of the molecule is CC1CCCC(NC(=O)CC2CNC2)(C(=O)O)C1. The lowest BCUT2D eigenvalue weighted by molar-refractivity contribution is -0.150. The average Bonchev–Trinajstić information content (AvgIpc) is 2.23. The molecule has 3 N–H and O–H groups in total. The van der Waals surface area contributed by atoms with E-state index in [1.807, 2.05) is 0 Å². The van der Waals surface area contributed by atoms with Crippen molar-refractivity contribution >= 4 is 11.9 Å². The summed E-state index contributed by atoms with van der Waals surface area (Å²) in [5.74, 6) is -0.260. The summed E-state index contributed by atoms with van der Waals surface area (Å²) < 4.78 is 0. The molecule has 1 heterocycles. The molecule has 1 amide bonds. The Morgan fingerprint density at radius 1 is 1.44 bits per heavy atom. The second-order valence-electron chi connectivity index (χ2n) is 5.87. The fourth-order valence-corrected chi connectivity index (χ4v) is 2.99. The van der Waals surface area contributed by atoms with Crippen LogP contribution in [0.5, 0.6) is 0 Å². The topological polar surface area (TPSA) is 78.4 Å². The first-order chi connectivity index (χ1) is 8.52. The van der Waals surface area contributed by atoms with Gasteiger partial charge in [-0.2, -0.15) is 0 Å². The molecule has 0 radical (unpaired) electrons. The first-order valence-electron chi connectivity index (χ1n) is 6.77. The van der Waals surface area contributed by atoms with Crippen LogP contribution in [0.4, 0.5) is 0 Å². The molecule has 18 heavy (non-hydrogen) atoms. The smallest absolute Gasteiger partial charge is 0.329 e. The van der Waals surface area contributed by atoms with Crippen molar-refractivity contribution in [2.45, 2.75) is 44.6 Å². The van der Waals surface area contributed by atoms with Crippen LogP contribution in [0.1, 0.15) is 39.0 Å². The summed E-state index contributed by atoms with van der Waals surface area (Å²) in [6.45, 7) is 3.78. The molecule has 2 unspecified atom stereocenters. The number of rotatable bonds is 4. The monoisotopic (exact) mass is 254 g/mol. The fourth-order valence-electron chi connectivity index (χ4n) is 2.99. The van der Waals surface area contributed by atoms with Gasteiger partial charge in [-0.25, -0.2) is 4.79 Å². The van der Waals surface area contributed by atoms with Gasteiger partial charge in [-0.05, 0) is 37.8 Å². The number of carbonyl (C=O) groups excluding carboxylic acids is 1. The summed E-state index contributed by atoms with van der Waals surface area (Å²) in [6, 6.07) is 0. The van der Waals surface area contributed by atoms with Gasteiger partial charge in [0.15, 0.2) is 0 Å². The molecule has 102 valence electrons. The van der Waals surface area contributed by atoms with Gasteiger partial charge >= 0.3 is 5.97 Å². The van der Waals surface area contributed by atoms with Crippen LogP contribution in [-0.4, -0.2) is 35.6 Å². The second-order valence-corrected chi connectivity index (χ2v) is 5.87. The summed E-state index contributed by atoms with van der Waals surface area (Å²) >= 11 is 0. The third-order valence-electron chi connectivity index (χ3n) is 4.13. The van der Waals surface area contributed by atoms with Crippen molar-refractivity contribution in [3.8, 4) is 0 Å². The molecule has 1 aliphatic heterocycles. The summed E-state index contributed by atoms with van der Waals surface area (Å²) in [5, 5.41) is 15.3. The van der Waals surface area contributed by atoms with Gasteiger partial charge in [0.1, 0.15) is 5.54 Å². The highest BCUT2D eigenvalue weighted by atomic mass is 16.4. The number of aliphatic carboxylic acids is 1. The molecule has 5 heteroatoms. The van der Waals surface area contributed by atoms with E-state index in [4.69, 9.17) is 0 Å². The quantitative estimate of drug-likeness (QED) is 0.691. The Hall–Kier alpha value is -1.10. The lowest BCUT2D eigenvalue weighted by Gasteiger charge is -2.37. The molecular formula is C13H22N2O3. The molecule has 0 aromatic carbocycles. The van der Waals surface area contributed by atoms with Gasteiger partial charge in [0.05, 0.1) is 0 Å². The highest BCUT2D eigenvalue weighted by Gasteiger charge is 2.43. The Morgan fingerprint density at radius 2 is 2.17 bits per heavy atom. The molecule has 0 bridgehead atoms. The number of nitrogens with one attached hydrogen (secondary N) is 2. The van der Waals surface area contributed by atoms with E-state index in [1.165, 1.54) is 0 Å². The summed E-state index contributed by atoms with van der Waals surface area (Å²) in [7, 11) is 0. The number of amides is 1. The van der Waals surface area contributed by atoms with Gasteiger partial charge in [0, 0.05) is 6.42 Å². The molecule has 1 saturated heterocycles. The normalized spacial score (nSPS) is 32.6. The zero-order valence-corrected chi connectivity index (χ0v) is 10.9. The van der Waals surface area contributed by atoms with Crippen LogP contribution in [0.25, 0.3) is 0 Å². The summed E-state index contributed by atoms with van der Waals surface area (Å²) in [4.78, 5) is 23.4. The molecule has 0 aromatic heterocycles. The van der Waals surface area contributed by atoms with Crippen LogP contribution in [0.3, 0.4) is 0 Å². The molecule has 1 aliphatic carbocycles. The maximum Gasteiger partial charge on any atom is 0.329 e. The van der Waals surface area contributed by atoms with Crippen LogP contribution in [0, 0.1) is 11.8 Å². The zero-order valence-electron chi connectivity index (χ0n) is 10.9. The Kier molecular flexibility index (Phi) is 3.90. The van der Waals surface area contributed by atoms with Crippen LogP contribution in [0.2, 0.25) is 0 Å². The van der Waals surface area contributed by atoms with E-state index in [2.05, 4.69) is 17.6 Å². The largest absolute Gasteiger partial charge is 0.480 e. The number of carboxylic acids is 1. The van der Waals surface area contributed by atoms with E-state index in [0.717, 1.165) is 25.9 Å². The first-order valence-corrected chi connectivity index (χ1v) is 6.77. The molecule has 0 spiro atoms. The van der Waals surface area contributed by atoms with Crippen LogP contribution < -0.4 is 10.6 Å². The fraction of sp³-hybridized carbons (Fsp3) is 0.846. The van der Waals surface area contributed by atoms with E-state index in [0.29, 0.717) is 31.1 Å². The third kappa shape index (κ3) is 2.83. The molecule has 0 aromatic rings. The van der Waals surface area contributed by atoms with Crippen LogP contribution in [0.15, 0.2) is 0 Å². The number of hydrogen-bond donors (Lipinski definition) is 3. The number of carboxylic acid groups (broad SMARTS) is 1. The molecule has 2 fully saturated rings. The average molecular weight is 254 g/mol. The van der Waals surface area contributed by atoms with Gasteiger partial charge in [-0.3, -0.25) is 4.79 Å². The van der Waals surface area contributed by atoms with Gasteiger partial charge in [-0.1, -0.05) is 19.8 Å². The minimum atomic E-state index is -1.02. The van der Waals surface area contributed by atoms with Crippen molar-refractivity contribution in [3.63, 3.8) is 0 Å². The van der Waals surface area contributed by atoms with Gasteiger partial charge < -0.3 is 15.7 Å². The van der Waals surface area contributed by atoms with E-state index in [-0.39, 0.29) is 5.91 Å². The second kappa shape index (κ2) is 5.26. The van der Waals surface area contributed by atoms with Crippen molar-refractivity contribution in [2.24, 2.45) is 11.8 Å². The molecule has 2 aliphatic rings. The lowest BCUT2D eigenvalue weighted by atomic mass is 9.76. The third-order valence-corrected chi connectivity index (χ3v) is 4.13. The molecule has 2 atom stereocenters. The van der Waals surface area contributed by atoms with Crippen molar-refractivity contribution in [1.82, 2.24) is 10.6 Å². The maximum absolute atomic E-state index is 11.9.